The van der Waals surface area contributed by atoms with Crippen molar-refractivity contribution < 1.29 is 28.3 Å². The van der Waals surface area contributed by atoms with Crippen LogP contribution in [0.15, 0.2) is 53.3 Å². The van der Waals surface area contributed by atoms with Gasteiger partial charge in [0.15, 0.2) is 17.3 Å². The molecule has 2 amide bonds. The molecule has 1 fully saturated rings. The van der Waals surface area contributed by atoms with E-state index < -0.39 is 6.03 Å². The number of benzene rings is 2. The number of carbonyl (C=O) groups is 1. The molecule has 43 heavy (non-hydrogen) atoms. The molecule has 0 spiro atoms. The number of urea groups is 1. The van der Waals surface area contributed by atoms with Crippen molar-refractivity contribution in [3.8, 4) is 23.1 Å². The van der Waals surface area contributed by atoms with Crippen LogP contribution in [-0.2, 0) is 10.2 Å². The van der Waals surface area contributed by atoms with Gasteiger partial charge in [-0.2, -0.15) is 0 Å². The van der Waals surface area contributed by atoms with Gasteiger partial charge in [0.1, 0.15) is 17.8 Å². The van der Waals surface area contributed by atoms with Crippen molar-refractivity contribution in [1.82, 2.24) is 20.0 Å². The number of anilines is 2. The van der Waals surface area contributed by atoms with Crippen LogP contribution < -0.4 is 24.8 Å². The number of nitrogens with one attached hydrogen (secondary N) is 2. The molecule has 2 aromatic heterocycles. The van der Waals surface area contributed by atoms with Gasteiger partial charge in [-0.3, -0.25) is 10.2 Å². The molecule has 5 rings (SSSR count). The minimum atomic E-state index is -0.462. The van der Waals surface area contributed by atoms with E-state index in [0.29, 0.717) is 57.9 Å². The summed E-state index contributed by atoms with van der Waals surface area (Å²) in [5.41, 5.74) is 0.948. The summed E-state index contributed by atoms with van der Waals surface area (Å²) in [6.45, 7) is 10.9. The molecular formula is C30H37ClN6O6. The van der Waals surface area contributed by atoms with Crippen LogP contribution in [0.1, 0.15) is 33.0 Å². The Morgan fingerprint density at radius 1 is 1.05 bits per heavy atom. The molecule has 3 heterocycles. The Labute approximate surface area is 256 Å². The van der Waals surface area contributed by atoms with Crippen LogP contribution in [0.5, 0.6) is 23.1 Å². The average Bonchev–Trinajstić information content (AvgIpc) is 3.45. The summed E-state index contributed by atoms with van der Waals surface area (Å²) in [6.07, 6.45) is 2.30. The van der Waals surface area contributed by atoms with E-state index in [1.54, 1.807) is 43.5 Å². The van der Waals surface area contributed by atoms with E-state index in [1.807, 2.05) is 26.8 Å². The average molecular weight is 613 g/mol. The molecule has 0 radical (unpaired) electrons. The van der Waals surface area contributed by atoms with Crippen LogP contribution in [0.4, 0.5) is 16.3 Å². The molecule has 1 saturated heterocycles. The van der Waals surface area contributed by atoms with Crippen LogP contribution in [-0.4, -0.2) is 72.6 Å². The van der Waals surface area contributed by atoms with E-state index in [2.05, 4.69) is 30.7 Å². The van der Waals surface area contributed by atoms with Crippen molar-refractivity contribution in [3.05, 3.63) is 54.6 Å². The molecule has 230 valence electrons. The standard InChI is InChI=1S/C30H36N6O6.ClH/c1-30(2,3)26-18-27(35-42-26)34-29(37)33-20-7-5-8-21(15-20)41-28-22-16-25(24(38-4)17-23(22)31-19-32-28)40-12-6-9-36-10-13-39-14-11-36;/h5,7-8,15-19H,6,9-14H2,1-4H3,(H2,33,34,35,37);1H. The van der Waals surface area contributed by atoms with Crippen LogP contribution >= 0.6 is 12.4 Å². The Morgan fingerprint density at radius 3 is 2.60 bits per heavy atom. The van der Waals surface area contributed by atoms with Gasteiger partial charge in [-0.05, 0) is 24.6 Å². The van der Waals surface area contributed by atoms with Crippen LogP contribution in [0, 0.1) is 0 Å². The summed E-state index contributed by atoms with van der Waals surface area (Å²) >= 11 is 0. The predicted octanol–water partition coefficient (Wildman–Crippen LogP) is 5.88. The molecule has 0 bridgehead atoms. The minimum absolute atomic E-state index is 0. The first-order valence-corrected chi connectivity index (χ1v) is 13.9. The van der Waals surface area contributed by atoms with Crippen LogP contribution in [0.2, 0.25) is 0 Å². The number of fused-ring (bicyclic) bond motifs is 1. The Morgan fingerprint density at radius 2 is 1.86 bits per heavy atom. The summed E-state index contributed by atoms with van der Waals surface area (Å²) in [6, 6.07) is 11.9. The lowest BCUT2D eigenvalue weighted by Crippen LogP contribution is -2.37. The summed E-state index contributed by atoms with van der Waals surface area (Å²) in [5.74, 6) is 2.99. The maximum Gasteiger partial charge on any atom is 0.324 e. The summed E-state index contributed by atoms with van der Waals surface area (Å²) in [4.78, 5) is 23.7. The zero-order valence-electron chi connectivity index (χ0n) is 24.7. The molecule has 1 aliphatic heterocycles. The van der Waals surface area contributed by atoms with E-state index in [0.717, 1.165) is 39.3 Å². The Hall–Kier alpha value is -4.13. The van der Waals surface area contributed by atoms with E-state index in [4.69, 9.17) is 23.5 Å². The maximum atomic E-state index is 12.6. The van der Waals surface area contributed by atoms with Crippen LogP contribution in [0.25, 0.3) is 10.9 Å². The summed E-state index contributed by atoms with van der Waals surface area (Å²) < 4.78 is 28.6. The van der Waals surface area contributed by atoms with E-state index >= 15 is 0 Å². The van der Waals surface area contributed by atoms with Gasteiger partial charge in [-0.1, -0.05) is 32.0 Å². The lowest BCUT2D eigenvalue weighted by molar-refractivity contribution is 0.0357. The first-order valence-electron chi connectivity index (χ1n) is 13.9. The largest absolute Gasteiger partial charge is 0.493 e. The Balaban J connectivity index is 0.00000423. The highest BCUT2D eigenvalue weighted by Crippen LogP contribution is 2.36. The highest BCUT2D eigenvalue weighted by atomic mass is 35.5. The van der Waals surface area contributed by atoms with E-state index in [9.17, 15) is 4.79 Å². The van der Waals surface area contributed by atoms with Gasteiger partial charge >= 0.3 is 6.03 Å². The number of morpholine rings is 1. The monoisotopic (exact) mass is 612 g/mol. The van der Waals surface area contributed by atoms with Gasteiger partial charge in [0.25, 0.3) is 0 Å². The smallest absolute Gasteiger partial charge is 0.324 e. The predicted molar refractivity (Wildman–Crippen MR) is 165 cm³/mol. The van der Waals surface area contributed by atoms with Crippen LogP contribution in [0.3, 0.4) is 0 Å². The fraction of sp³-hybridized carbons (Fsp3) is 0.400. The molecule has 0 saturated carbocycles. The SMILES string of the molecule is COc1cc2ncnc(Oc3cccc(NC(=O)Nc4cc(C(C)(C)C)on4)c3)c2cc1OCCCN1CCOCC1.Cl. The Kier molecular flexibility index (Phi) is 10.6. The highest BCUT2D eigenvalue weighted by Gasteiger charge is 2.20. The number of amides is 2. The first kappa shape index (κ1) is 31.8. The second-order valence-corrected chi connectivity index (χ2v) is 10.9. The Bertz CT molecular complexity index is 1520. The molecule has 0 unspecified atom stereocenters. The van der Waals surface area contributed by atoms with Gasteiger partial charge in [0.05, 0.1) is 37.8 Å². The second-order valence-electron chi connectivity index (χ2n) is 10.9. The topological polar surface area (TPSA) is 133 Å². The van der Waals surface area contributed by atoms with Crippen molar-refractivity contribution in [2.45, 2.75) is 32.6 Å². The zero-order chi connectivity index (χ0) is 29.5. The van der Waals surface area contributed by atoms with Crippen molar-refractivity contribution in [3.63, 3.8) is 0 Å². The van der Waals surface area contributed by atoms with Crippen molar-refractivity contribution in [2.75, 3.05) is 57.2 Å². The molecule has 4 aromatic rings. The maximum absolute atomic E-state index is 12.6. The third kappa shape index (κ3) is 8.46. The molecular weight excluding hydrogens is 576 g/mol. The molecule has 12 nitrogen and oxygen atoms in total. The quantitative estimate of drug-likeness (QED) is 0.209. The third-order valence-electron chi connectivity index (χ3n) is 6.66. The normalized spacial score (nSPS) is 13.7. The number of hydrogen-bond acceptors (Lipinski definition) is 10. The fourth-order valence-electron chi connectivity index (χ4n) is 4.40. The lowest BCUT2D eigenvalue weighted by Gasteiger charge is -2.26. The second kappa shape index (κ2) is 14.4. The first-order chi connectivity index (χ1) is 20.3. The number of nitrogens with zero attached hydrogens (tertiary/aromatic N) is 4. The molecule has 1 aliphatic rings. The van der Waals surface area contributed by atoms with Gasteiger partial charge in [0.2, 0.25) is 5.88 Å². The van der Waals surface area contributed by atoms with E-state index in [-0.39, 0.29) is 17.8 Å². The summed E-state index contributed by atoms with van der Waals surface area (Å²) in [5, 5.41) is 10.1. The number of carbonyl (C=O) groups excluding carboxylic acids is 1. The number of methoxy groups -OCH3 is 1. The molecule has 2 aromatic carbocycles. The zero-order valence-corrected chi connectivity index (χ0v) is 25.5. The lowest BCUT2D eigenvalue weighted by atomic mass is 9.93. The number of aromatic nitrogens is 3. The molecule has 0 aliphatic carbocycles. The number of ether oxygens (including phenoxy) is 4. The number of halogens is 1. The van der Waals surface area contributed by atoms with E-state index in [1.165, 1.54) is 6.33 Å². The van der Waals surface area contributed by atoms with Gasteiger partial charge in [0, 0.05) is 48.9 Å². The van der Waals surface area contributed by atoms with Crippen molar-refractivity contribution in [2.24, 2.45) is 0 Å². The molecule has 0 atom stereocenters. The summed E-state index contributed by atoms with van der Waals surface area (Å²) in [7, 11) is 1.60. The van der Waals surface area contributed by atoms with Crippen molar-refractivity contribution in [1.29, 1.82) is 0 Å². The fourth-order valence-corrected chi connectivity index (χ4v) is 4.40. The van der Waals surface area contributed by atoms with Crippen molar-refractivity contribution >= 4 is 40.8 Å². The molecule has 13 heteroatoms. The number of rotatable bonds is 10. The minimum Gasteiger partial charge on any atom is -0.493 e. The van der Waals surface area contributed by atoms with Gasteiger partial charge in [-0.15, -0.1) is 12.4 Å². The number of hydrogen-bond donors (Lipinski definition) is 2. The third-order valence-corrected chi connectivity index (χ3v) is 6.66. The van der Waals surface area contributed by atoms with Gasteiger partial charge < -0.3 is 28.8 Å². The van der Waals surface area contributed by atoms with Gasteiger partial charge in [-0.25, -0.2) is 14.8 Å². The molecule has 2 N–H and O–H groups in total. The highest BCUT2D eigenvalue weighted by molar-refractivity contribution is 5.99.